The van der Waals surface area contributed by atoms with Crippen LogP contribution >= 0.6 is 0 Å². The SMILES string of the molecule is Cc1cc(C)c(C)c(-c2c3ccc4c(C5CCC(C)(C)CC5)nccc4c3cc[n+]2C)c1. The van der Waals surface area contributed by atoms with Gasteiger partial charge < -0.3 is 0 Å². The minimum Gasteiger partial charge on any atom is -0.260 e. The largest absolute Gasteiger partial charge is 0.260 e. The fourth-order valence-corrected chi connectivity index (χ4v) is 5.76. The summed E-state index contributed by atoms with van der Waals surface area (Å²) in [6, 6.07) is 13.8. The van der Waals surface area contributed by atoms with E-state index in [1.807, 2.05) is 6.20 Å². The second-order valence-electron chi connectivity index (χ2n) is 10.8. The highest BCUT2D eigenvalue weighted by atomic mass is 14.9. The zero-order chi connectivity index (χ0) is 22.6. The van der Waals surface area contributed by atoms with E-state index >= 15 is 0 Å². The number of aryl methyl sites for hydroxylation is 3. The van der Waals surface area contributed by atoms with Crippen LogP contribution in [0.3, 0.4) is 0 Å². The first-order chi connectivity index (χ1) is 15.2. The Kier molecular flexibility index (Phi) is 5.08. The van der Waals surface area contributed by atoms with Gasteiger partial charge in [0.25, 0.3) is 0 Å². The Bertz CT molecular complexity index is 1340. The lowest BCUT2D eigenvalue weighted by molar-refractivity contribution is -0.659. The third-order valence-corrected chi connectivity index (χ3v) is 7.88. The van der Waals surface area contributed by atoms with Crippen LogP contribution in [-0.2, 0) is 7.05 Å². The summed E-state index contributed by atoms with van der Waals surface area (Å²) < 4.78 is 2.28. The van der Waals surface area contributed by atoms with Gasteiger partial charge in [-0.2, -0.15) is 0 Å². The third-order valence-electron chi connectivity index (χ3n) is 7.88. The van der Waals surface area contributed by atoms with Crippen molar-refractivity contribution in [3.8, 4) is 11.3 Å². The monoisotopic (exact) mass is 423 g/mol. The van der Waals surface area contributed by atoms with Crippen LogP contribution in [0.1, 0.15) is 67.8 Å². The van der Waals surface area contributed by atoms with Gasteiger partial charge in [-0.05, 0) is 86.6 Å². The molecule has 32 heavy (non-hydrogen) atoms. The lowest BCUT2D eigenvalue weighted by Gasteiger charge is -2.34. The van der Waals surface area contributed by atoms with Crippen LogP contribution in [0.25, 0.3) is 32.8 Å². The summed E-state index contributed by atoms with van der Waals surface area (Å²) in [4.78, 5) is 4.92. The van der Waals surface area contributed by atoms with E-state index in [0.29, 0.717) is 11.3 Å². The average molecular weight is 424 g/mol. The lowest BCUT2D eigenvalue weighted by atomic mass is 9.72. The van der Waals surface area contributed by atoms with E-state index < -0.39 is 0 Å². The molecule has 5 rings (SSSR count). The van der Waals surface area contributed by atoms with Gasteiger partial charge in [0.05, 0.1) is 16.6 Å². The maximum absolute atomic E-state index is 4.92. The van der Waals surface area contributed by atoms with Gasteiger partial charge in [0.1, 0.15) is 7.05 Å². The molecule has 1 aliphatic rings. The molecule has 0 unspecified atom stereocenters. The van der Waals surface area contributed by atoms with Crippen LogP contribution in [0, 0.1) is 26.2 Å². The molecule has 0 aliphatic heterocycles. The van der Waals surface area contributed by atoms with Crippen LogP contribution in [0.15, 0.2) is 48.8 Å². The molecule has 2 heteroatoms. The molecular formula is C30H35N2+. The van der Waals surface area contributed by atoms with Gasteiger partial charge in [0.15, 0.2) is 6.20 Å². The van der Waals surface area contributed by atoms with Gasteiger partial charge in [0.2, 0.25) is 5.69 Å². The standard InChI is InChI=1S/C30H35N2/c1-19-17-20(2)21(3)27(18-19)29-26-8-7-25-23(24(26)12-16-32(29)6)11-15-31-28(25)22-9-13-30(4,5)14-10-22/h7-8,11-12,15-18,22H,9-10,13-14H2,1-6H3/q+1. The Morgan fingerprint density at radius 3 is 2.31 bits per heavy atom. The highest BCUT2D eigenvalue weighted by molar-refractivity contribution is 6.11. The van der Waals surface area contributed by atoms with Crippen LogP contribution in [0.5, 0.6) is 0 Å². The van der Waals surface area contributed by atoms with Crippen molar-refractivity contribution in [2.24, 2.45) is 12.5 Å². The number of rotatable bonds is 2. The topological polar surface area (TPSA) is 16.8 Å². The van der Waals surface area contributed by atoms with E-state index in [9.17, 15) is 0 Å². The predicted octanol–water partition coefficient (Wildman–Crippen LogP) is 7.49. The summed E-state index contributed by atoms with van der Waals surface area (Å²) >= 11 is 0. The predicted molar refractivity (Wildman–Crippen MR) is 135 cm³/mol. The molecule has 0 saturated heterocycles. The molecule has 2 heterocycles. The van der Waals surface area contributed by atoms with Gasteiger partial charge in [-0.3, -0.25) is 4.98 Å². The van der Waals surface area contributed by atoms with Crippen LogP contribution < -0.4 is 4.57 Å². The van der Waals surface area contributed by atoms with Crippen molar-refractivity contribution in [2.45, 2.75) is 66.2 Å². The zero-order valence-corrected chi connectivity index (χ0v) is 20.4. The van der Waals surface area contributed by atoms with Gasteiger partial charge >= 0.3 is 0 Å². The first kappa shape index (κ1) is 21.1. The molecule has 0 amide bonds. The van der Waals surface area contributed by atoms with Crippen molar-refractivity contribution in [1.82, 2.24) is 4.98 Å². The Hall–Kier alpha value is -2.74. The van der Waals surface area contributed by atoms with E-state index in [1.165, 1.54) is 80.9 Å². The molecule has 0 N–H and O–H groups in total. The van der Waals surface area contributed by atoms with E-state index in [1.54, 1.807) is 0 Å². The van der Waals surface area contributed by atoms with Crippen LogP contribution in [0.4, 0.5) is 0 Å². The van der Waals surface area contributed by atoms with Gasteiger partial charge in [-0.1, -0.05) is 31.5 Å². The fourth-order valence-electron chi connectivity index (χ4n) is 5.76. The molecule has 0 spiro atoms. The number of hydrogen-bond donors (Lipinski definition) is 0. The second kappa shape index (κ2) is 7.69. The summed E-state index contributed by atoms with van der Waals surface area (Å²) in [5.74, 6) is 0.574. The average Bonchev–Trinajstić information content (AvgIpc) is 2.76. The fraction of sp³-hybridized carbons (Fsp3) is 0.400. The maximum atomic E-state index is 4.92. The van der Waals surface area contributed by atoms with Gasteiger partial charge in [0, 0.05) is 29.0 Å². The lowest BCUT2D eigenvalue weighted by Crippen LogP contribution is -2.30. The molecule has 1 saturated carbocycles. The molecule has 164 valence electrons. The maximum Gasteiger partial charge on any atom is 0.220 e. The molecule has 2 nitrogen and oxygen atoms in total. The zero-order valence-electron chi connectivity index (χ0n) is 20.4. The quantitative estimate of drug-likeness (QED) is 0.241. The smallest absolute Gasteiger partial charge is 0.220 e. The molecule has 4 aromatic rings. The molecule has 0 bridgehead atoms. The number of fused-ring (bicyclic) bond motifs is 3. The number of pyridine rings is 2. The van der Waals surface area contributed by atoms with Crippen molar-refractivity contribution >= 4 is 21.5 Å². The highest BCUT2D eigenvalue weighted by Crippen LogP contribution is 2.44. The van der Waals surface area contributed by atoms with E-state index in [-0.39, 0.29) is 0 Å². The second-order valence-corrected chi connectivity index (χ2v) is 10.8. The van der Waals surface area contributed by atoms with Crippen molar-refractivity contribution in [3.63, 3.8) is 0 Å². The molecule has 1 fully saturated rings. The Morgan fingerprint density at radius 2 is 1.56 bits per heavy atom. The highest BCUT2D eigenvalue weighted by Gasteiger charge is 2.29. The van der Waals surface area contributed by atoms with Crippen molar-refractivity contribution in [1.29, 1.82) is 0 Å². The van der Waals surface area contributed by atoms with Crippen molar-refractivity contribution < 1.29 is 4.57 Å². The molecule has 2 aromatic carbocycles. The number of aromatic nitrogens is 2. The Labute approximate surface area is 192 Å². The van der Waals surface area contributed by atoms with Crippen LogP contribution in [-0.4, -0.2) is 4.98 Å². The van der Waals surface area contributed by atoms with E-state index in [2.05, 4.69) is 88.8 Å². The number of nitrogens with zero attached hydrogens (tertiary/aromatic N) is 2. The summed E-state index contributed by atoms with van der Waals surface area (Å²) in [6.07, 6.45) is 9.31. The molecular weight excluding hydrogens is 388 g/mol. The summed E-state index contributed by atoms with van der Waals surface area (Å²) in [6.45, 7) is 11.5. The van der Waals surface area contributed by atoms with Crippen molar-refractivity contribution in [3.05, 3.63) is 71.2 Å². The van der Waals surface area contributed by atoms with Gasteiger partial charge in [-0.15, -0.1) is 0 Å². The first-order valence-electron chi connectivity index (χ1n) is 12.0. The summed E-state index contributed by atoms with van der Waals surface area (Å²) in [5, 5.41) is 5.31. The van der Waals surface area contributed by atoms with E-state index in [4.69, 9.17) is 4.98 Å². The van der Waals surface area contributed by atoms with Crippen molar-refractivity contribution in [2.75, 3.05) is 0 Å². The molecule has 1 aliphatic carbocycles. The van der Waals surface area contributed by atoms with Crippen LogP contribution in [0.2, 0.25) is 0 Å². The van der Waals surface area contributed by atoms with E-state index in [0.717, 1.165) is 0 Å². The Morgan fingerprint density at radius 1 is 0.875 bits per heavy atom. The third kappa shape index (κ3) is 3.50. The number of hydrogen-bond acceptors (Lipinski definition) is 1. The molecule has 0 atom stereocenters. The normalized spacial score (nSPS) is 16.7. The minimum absolute atomic E-state index is 0.473. The number of benzene rings is 2. The van der Waals surface area contributed by atoms with Gasteiger partial charge in [-0.25, -0.2) is 4.57 Å². The summed E-state index contributed by atoms with van der Waals surface area (Å²) in [5.41, 5.74) is 8.43. The Balaban J connectivity index is 1.72. The minimum atomic E-state index is 0.473. The molecule has 0 radical (unpaired) electrons. The molecule has 2 aromatic heterocycles. The first-order valence-corrected chi connectivity index (χ1v) is 12.0. The summed E-state index contributed by atoms with van der Waals surface area (Å²) in [7, 11) is 2.16.